The van der Waals surface area contributed by atoms with Gasteiger partial charge in [0.05, 0.1) is 24.1 Å². The van der Waals surface area contributed by atoms with Crippen LogP contribution < -0.4 is 5.32 Å². The summed E-state index contributed by atoms with van der Waals surface area (Å²) in [5, 5.41) is 24.7. The minimum atomic E-state index is -1.04. The van der Waals surface area contributed by atoms with Crippen LogP contribution in [0.15, 0.2) is 58.5 Å². The number of carboxylic acids is 1. The molecule has 4 rings (SSSR count). The van der Waals surface area contributed by atoms with Crippen molar-refractivity contribution in [2.45, 2.75) is 12.1 Å². The number of nitrogens with zero attached hydrogens (tertiary/aromatic N) is 3. The molecule has 0 spiro atoms. The molecule has 0 fully saturated rings. The summed E-state index contributed by atoms with van der Waals surface area (Å²) in [5.41, 5.74) is 1.54. The van der Waals surface area contributed by atoms with Gasteiger partial charge < -0.3 is 25.2 Å². The van der Waals surface area contributed by atoms with E-state index >= 15 is 0 Å². The molecule has 0 amide bonds. The van der Waals surface area contributed by atoms with Crippen LogP contribution in [0.2, 0.25) is 5.02 Å². The van der Waals surface area contributed by atoms with Crippen LogP contribution in [0.4, 0.5) is 4.39 Å². The first kappa shape index (κ1) is 22.8. The highest BCUT2D eigenvalue weighted by molar-refractivity contribution is 7.11. The monoisotopic (exact) mass is 488 g/mol. The van der Waals surface area contributed by atoms with Gasteiger partial charge in [-0.05, 0) is 12.1 Å². The molecule has 170 valence electrons. The summed E-state index contributed by atoms with van der Waals surface area (Å²) in [5.74, 6) is 4.48. The highest BCUT2D eigenvalue weighted by Gasteiger charge is 2.32. The van der Waals surface area contributed by atoms with E-state index in [1.54, 1.807) is 22.7 Å². The Bertz CT molecular complexity index is 1200. The molecule has 0 saturated heterocycles. The van der Waals surface area contributed by atoms with Crippen LogP contribution in [-0.4, -0.2) is 57.7 Å². The maximum Gasteiger partial charge on any atom is 0.329 e. The van der Waals surface area contributed by atoms with Crippen molar-refractivity contribution in [1.29, 1.82) is 0 Å². The van der Waals surface area contributed by atoms with Crippen molar-refractivity contribution in [2.75, 3.05) is 19.8 Å². The summed E-state index contributed by atoms with van der Waals surface area (Å²) in [4.78, 5) is 22.4. The number of aliphatic hydroxyl groups is 1. The average molecular weight is 489 g/mol. The lowest BCUT2D eigenvalue weighted by Crippen LogP contribution is -2.46. The lowest BCUT2D eigenvalue weighted by molar-refractivity contribution is -0.144. The van der Waals surface area contributed by atoms with Gasteiger partial charge in [-0.1, -0.05) is 29.5 Å². The molecule has 2 atom stereocenters. The van der Waals surface area contributed by atoms with Gasteiger partial charge in [0.2, 0.25) is 0 Å². The molecule has 8 nitrogen and oxygen atoms in total. The van der Waals surface area contributed by atoms with Gasteiger partial charge in [-0.2, -0.15) is 0 Å². The molecule has 0 radical (unpaired) electrons. The topological polar surface area (TPSA) is 107 Å². The van der Waals surface area contributed by atoms with E-state index in [0.29, 0.717) is 27.7 Å². The maximum atomic E-state index is 13.7. The Morgan fingerprint density at radius 3 is 3.00 bits per heavy atom. The van der Waals surface area contributed by atoms with Crippen molar-refractivity contribution in [1.82, 2.24) is 15.2 Å². The molecular weight excluding hydrogens is 471 g/mol. The molecule has 1 aromatic carbocycles. The lowest BCUT2D eigenvalue weighted by atomic mass is 9.95. The van der Waals surface area contributed by atoms with Gasteiger partial charge in [0.25, 0.3) is 0 Å². The zero-order valence-electron chi connectivity index (χ0n) is 17.0. The number of thiazole rings is 1. The average Bonchev–Trinajstić information content (AvgIpc) is 3.33. The van der Waals surface area contributed by atoms with Crippen LogP contribution in [-0.2, 0) is 9.53 Å². The summed E-state index contributed by atoms with van der Waals surface area (Å²) >= 11 is 7.73. The van der Waals surface area contributed by atoms with Gasteiger partial charge in [0.1, 0.15) is 25.1 Å². The summed E-state index contributed by atoms with van der Waals surface area (Å²) in [6.45, 7) is -0.275. The standard InChI is InChI=1S/C22H18ClFN4O4S/c23-16-10-13(24)3-4-14(16)19-15(2-1-7-29)17(26-20(27-19)21-25-5-9-33-21)11-28-6-8-32-12-18(28)22(30)31/h3-6,8-10,18-19,29H,7,11-12H2,(H,26,27)(H,30,31). The highest BCUT2D eigenvalue weighted by atomic mass is 35.5. The molecule has 0 saturated carbocycles. The summed E-state index contributed by atoms with van der Waals surface area (Å²) in [6.07, 6.45) is 4.61. The number of aliphatic hydroxyl groups excluding tert-OH is 1. The number of nitrogens with one attached hydrogen (secondary N) is 1. The van der Waals surface area contributed by atoms with E-state index in [1.807, 2.05) is 0 Å². The zero-order chi connectivity index (χ0) is 23.4. The number of hydrogen-bond donors (Lipinski definition) is 3. The summed E-state index contributed by atoms with van der Waals surface area (Å²) < 4.78 is 18.9. The number of benzene rings is 1. The predicted octanol–water partition coefficient (Wildman–Crippen LogP) is 2.53. The SMILES string of the molecule is O=C(O)C1COC=CN1CC1=C(C#CCO)C(c2ccc(F)cc2Cl)N=C(c2nccs2)N1. The van der Waals surface area contributed by atoms with Crippen molar-refractivity contribution < 1.29 is 24.1 Å². The van der Waals surface area contributed by atoms with Gasteiger partial charge in [0, 0.05) is 28.4 Å². The fraction of sp³-hybridized carbons (Fsp3) is 0.227. The number of halogens is 2. The minimum absolute atomic E-state index is 0.0165. The second-order valence-electron chi connectivity index (χ2n) is 7.01. The molecular formula is C22H18ClFN4O4S. The van der Waals surface area contributed by atoms with E-state index < -0.39 is 23.9 Å². The lowest BCUT2D eigenvalue weighted by Gasteiger charge is -2.33. The van der Waals surface area contributed by atoms with E-state index in [0.717, 1.165) is 0 Å². The number of amidine groups is 1. The van der Waals surface area contributed by atoms with Crippen molar-refractivity contribution in [3.63, 3.8) is 0 Å². The summed E-state index contributed by atoms with van der Waals surface area (Å²) in [6, 6.07) is 2.37. The Labute approximate surface area is 197 Å². The fourth-order valence-corrected chi connectivity index (χ4v) is 4.29. The van der Waals surface area contributed by atoms with Crippen LogP contribution in [0, 0.1) is 17.7 Å². The molecule has 2 aromatic rings. The number of rotatable bonds is 5. The Kier molecular flexibility index (Phi) is 6.93. The third-order valence-electron chi connectivity index (χ3n) is 4.95. The van der Waals surface area contributed by atoms with Gasteiger partial charge in [-0.15, -0.1) is 11.3 Å². The van der Waals surface area contributed by atoms with Crippen molar-refractivity contribution in [2.24, 2.45) is 4.99 Å². The number of aliphatic imine (C=N–C) groups is 1. The van der Waals surface area contributed by atoms with Gasteiger partial charge in [-0.25, -0.2) is 14.2 Å². The van der Waals surface area contributed by atoms with Gasteiger partial charge in [-0.3, -0.25) is 4.99 Å². The van der Waals surface area contributed by atoms with E-state index in [2.05, 4.69) is 22.1 Å². The largest absolute Gasteiger partial charge is 0.497 e. The first-order valence-corrected chi connectivity index (χ1v) is 11.0. The smallest absolute Gasteiger partial charge is 0.329 e. The Hall–Kier alpha value is -3.39. The van der Waals surface area contributed by atoms with Gasteiger partial charge >= 0.3 is 5.97 Å². The van der Waals surface area contributed by atoms with Crippen molar-refractivity contribution in [3.05, 3.63) is 74.9 Å². The molecule has 3 N–H and O–H groups in total. The van der Waals surface area contributed by atoms with Crippen molar-refractivity contribution in [3.8, 4) is 11.8 Å². The number of carbonyl (C=O) groups is 1. The Balaban J connectivity index is 1.83. The Morgan fingerprint density at radius 2 is 2.30 bits per heavy atom. The third kappa shape index (κ3) is 5.01. The molecule has 1 aromatic heterocycles. The summed E-state index contributed by atoms with van der Waals surface area (Å²) in [7, 11) is 0. The molecule has 3 heterocycles. The van der Waals surface area contributed by atoms with Crippen LogP contribution in [0.5, 0.6) is 0 Å². The molecule has 0 aliphatic carbocycles. The van der Waals surface area contributed by atoms with E-state index in [-0.39, 0.29) is 24.8 Å². The number of carboxylic acid groups (broad SMARTS) is 1. The minimum Gasteiger partial charge on any atom is -0.497 e. The van der Waals surface area contributed by atoms with Crippen molar-refractivity contribution >= 4 is 34.7 Å². The molecule has 33 heavy (non-hydrogen) atoms. The van der Waals surface area contributed by atoms with Crippen LogP contribution in [0.1, 0.15) is 16.6 Å². The van der Waals surface area contributed by atoms with E-state index in [9.17, 15) is 19.4 Å². The van der Waals surface area contributed by atoms with Crippen LogP contribution in [0.3, 0.4) is 0 Å². The number of aromatic nitrogens is 1. The highest BCUT2D eigenvalue weighted by Crippen LogP contribution is 2.36. The quantitative estimate of drug-likeness (QED) is 0.555. The molecule has 2 unspecified atom stereocenters. The van der Waals surface area contributed by atoms with Crippen LogP contribution in [0.25, 0.3) is 0 Å². The van der Waals surface area contributed by atoms with Crippen LogP contribution >= 0.6 is 22.9 Å². The molecule has 2 aliphatic heterocycles. The first-order chi connectivity index (χ1) is 16.0. The van der Waals surface area contributed by atoms with Gasteiger partial charge in [0.15, 0.2) is 16.9 Å². The fourth-order valence-electron chi connectivity index (χ4n) is 3.43. The Morgan fingerprint density at radius 1 is 1.45 bits per heavy atom. The number of ether oxygens (including phenoxy) is 1. The maximum absolute atomic E-state index is 13.7. The second kappa shape index (κ2) is 10.0. The number of hydrogen-bond acceptors (Lipinski definition) is 8. The normalized spacial score (nSPS) is 19.8. The molecule has 0 bridgehead atoms. The first-order valence-electron chi connectivity index (χ1n) is 9.77. The number of aliphatic carboxylic acids is 1. The second-order valence-corrected chi connectivity index (χ2v) is 8.31. The zero-order valence-corrected chi connectivity index (χ0v) is 18.6. The van der Waals surface area contributed by atoms with E-state index in [1.165, 1.54) is 35.8 Å². The molecule has 11 heteroatoms. The predicted molar refractivity (Wildman–Crippen MR) is 121 cm³/mol. The van der Waals surface area contributed by atoms with E-state index in [4.69, 9.17) is 21.3 Å². The molecule has 2 aliphatic rings. The third-order valence-corrected chi connectivity index (χ3v) is 6.06.